The Hall–Kier alpha value is -2.53. The number of benzene rings is 1. The molecular weight excluding hydrogens is 452 g/mol. The third kappa shape index (κ3) is 4.68. The highest BCUT2D eigenvalue weighted by molar-refractivity contribution is 7.09. The second-order valence-electron chi connectivity index (χ2n) is 9.49. The minimum Gasteiger partial charge on any atom is -0.394 e. The molecule has 2 aliphatic rings. The number of nitrogens with zero attached hydrogens (tertiary/aromatic N) is 4. The monoisotopic (exact) mass is 484 g/mol. The maximum absolute atomic E-state index is 12.5. The summed E-state index contributed by atoms with van der Waals surface area (Å²) in [5.41, 5.74) is 1.28. The lowest BCUT2D eigenvalue weighted by Crippen LogP contribution is -2.63. The molecule has 1 aromatic carbocycles. The van der Waals surface area contributed by atoms with Crippen molar-refractivity contribution in [3.63, 3.8) is 0 Å². The summed E-state index contributed by atoms with van der Waals surface area (Å²) < 4.78 is 1.76. The van der Waals surface area contributed by atoms with Crippen LogP contribution in [0.4, 0.5) is 5.82 Å². The quantitative estimate of drug-likeness (QED) is 0.386. The minimum atomic E-state index is -0.776. The number of hydrogen-bond acceptors (Lipinski definition) is 8. The van der Waals surface area contributed by atoms with E-state index in [4.69, 9.17) is 0 Å². The van der Waals surface area contributed by atoms with Gasteiger partial charge in [-0.1, -0.05) is 11.6 Å². The number of fused-ring (bicyclic) bond motifs is 1. The van der Waals surface area contributed by atoms with Crippen molar-refractivity contribution in [3.8, 4) is 0 Å². The molecule has 5 rings (SSSR count). The molecular formula is C24H32N6O3S. The van der Waals surface area contributed by atoms with Gasteiger partial charge < -0.3 is 20.8 Å². The molecule has 1 aliphatic carbocycles. The highest BCUT2D eigenvalue weighted by atomic mass is 32.1. The van der Waals surface area contributed by atoms with Gasteiger partial charge in [-0.2, -0.15) is 5.10 Å². The number of carbonyl (C=O) groups excluding carboxylic acids is 1. The number of carbonyl (C=O) groups is 1. The summed E-state index contributed by atoms with van der Waals surface area (Å²) in [5.74, 6) is 0.608. The Labute approximate surface area is 202 Å². The lowest BCUT2D eigenvalue weighted by molar-refractivity contribution is -0.121. The summed E-state index contributed by atoms with van der Waals surface area (Å²) in [5, 5.41) is 34.7. The van der Waals surface area contributed by atoms with Crippen molar-refractivity contribution >= 4 is 34.0 Å². The average molecular weight is 485 g/mol. The van der Waals surface area contributed by atoms with Crippen LogP contribution in [-0.4, -0.2) is 74.1 Å². The fraction of sp³-hybridized carbons (Fsp3) is 0.542. The van der Waals surface area contributed by atoms with Crippen molar-refractivity contribution in [2.24, 2.45) is 0 Å². The third-order valence-electron chi connectivity index (χ3n) is 7.04. The maximum Gasteiger partial charge on any atom is 0.239 e. The smallest absolute Gasteiger partial charge is 0.239 e. The predicted octanol–water partition coefficient (Wildman–Crippen LogP) is 1.84. The molecule has 2 fully saturated rings. The Bertz CT molecular complexity index is 1130. The van der Waals surface area contributed by atoms with E-state index in [-0.39, 0.29) is 25.1 Å². The van der Waals surface area contributed by atoms with Crippen molar-refractivity contribution in [2.45, 2.75) is 56.8 Å². The topological polar surface area (TPSA) is 116 Å². The number of thiazole rings is 1. The summed E-state index contributed by atoms with van der Waals surface area (Å²) in [6.07, 6.45) is 5.12. The summed E-state index contributed by atoms with van der Waals surface area (Å²) >= 11 is 1.53. The molecule has 1 saturated heterocycles. The van der Waals surface area contributed by atoms with Crippen molar-refractivity contribution in [1.29, 1.82) is 0 Å². The number of aryl methyl sites for hydroxylation is 1. The van der Waals surface area contributed by atoms with Crippen LogP contribution in [-0.2, 0) is 16.9 Å². The molecule has 2 aromatic heterocycles. The van der Waals surface area contributed by atoms with Gasteiger partial charge in [0.15, 0.2) is 5.82 Å². The molecule has 34 heavy (non-hydrogen) atoms. The van der Waals surface area contributed by atoms with Crippen LogP contribution in [0, 0.1) is 6.92 Å². The van der Waals surface area contributed by atoms with Crippen LogP contribution in [0.3, 0.4) is 0 Å². The van der Waals surface area contributed by atoms with E-state index in [1.807, 2.05) is 30.5 Å². The SMILES string of the molecule is Cc1ccc2c(c1)c(NCC(=O)NC1CN(C3CCC(O)(c4nccs4)CC3)C1)nn2CCO. The zero-order chi connectivity index (χ0) is 23.7. The first-order chi connectivity index (χ1) is 16.4. The third-order valence-corrected chi connectivity index (χ3v) is 8.00. The number of hydrogen-bond donors (Lipinski definition) is 4. The molecule has 182 valence electrons. The second-order valence-corrected chi connectivity index (χ2v) is 10.4. The van der Waals surface area contributed by atoms with Crippen LogP contribution in [0.25, 0.3) is 10.9 Å². The summed E-state index contributed by atoms with van der Waals surface area (Å²) in [6, 6.07) is 6.66. The number of likely N-dealkylation sites (tertiary alicyclic amines) is 1. The number of aromatic nitrogens is 3. The van der Waals surface area contributed by atoms with Crippen LogP contribution in [0.1, 0.15) is 36.3 Å². The van der Waals surface area contributed by atoms with Gasteiger partial charge in [0, 0.05) is 36.1 Å². The normalized spacial score (nSPS) is 23.7. The van der Waals surface area contributed by atoms with Gasteiger partial charge in [0.2, 0.25) is 5.91 Å². The fourth-order valence-electron chi connectivity index (χ4n) is 5.15. The first kappa shape index (κ1) is 23.2. The number of aliphatic hydroxyl groups is 2. The van der Waals surface area contributed by atoms with Gasteiger partial charge >= 0.3 is 0 Å². The van der Waals surface area contributed by atoms with Crippen LogP contribution >= 0.6 is 11.3 Å². The van der Waals surface area contributed by atoms with Crippen molar-refractivity contribution < 1.29 is 15.0 Å². The molecule has 1 amide bonds. The number of nitrogens with one attached hydrogen (secondary N) is 2. The van der Waals surface area contributed by atoms with Crippen LogP contribution < -0.4 is 10.6 Å². The van der Waals surface area contributed by atoms with E-state index >= 15 is 0 Å². The Kier molecular flexibility index (Phi) is 6.57. The molecule has 3 heterocycles. The predicted molar refractivity (Wildman–Crippen MR) is 132 cm³/mol. The maximum atomic E-state index is 12.5. The van der Waals surface area contributed by atoms with Gasteiger partial charge in [-0.05, 0) is 44.7 Å². The molecule has 1 saturated carbocycles. The van der Waals surface area contributed by atoms with Gasteiger partial charge in [-0.25, -0.2) is 4.98 Å². The average Bonchev–Trinajstić information content (AvgIpc) is 3.45. The van der Waals surface area contributed by atoms with Crippen LogP contribution in [0.2, 0.25) is 0 Å². The van der Waals surface area contributed by atoms with Gasteiger partial charge in [-0.15, -0.1) is 11.3 Å². The van der Waals surface area contributed by atoms with E-state index in [9.17, 15) is 15.0 Å². The molecule has 0 bridgehead atoms. The molecule has 0 unspecified atom stereocenters. The molecule has 0 radical (unpaired) electrons. The van der Waals surface area contributed by atoms with Gasteiger partial charge in [0.25, 0.3) is 0 Å². The van der Waals surface area contributed by atoms with E-state index in [0.717, 1.165) is 60.2 Å². The Morgan fingerprint density at radius 1 is 1.29 bits per heavy atom. The Balaban J connectivity index is 1.09. The number of amides is 1. The molecule has 3 aromatic rings. The number of rotatable bonds is 8. The van der Waals surface area contributed by atoms with E-state index in [1.165, 1.54) is 11.3 Å². The van der Waals surface area contributed by atoms with E-state index < -0.39 is 5.60 Å². The Morgan fingerprint density at radius 2 is 2.09 bits per heavy atom. The fourth-order valence-corrected chi connectivity index (χ4v) is 5.94. The zero-order valence-corrected chi connectivity index (χ0v) is 20.2. The lowest BCUT2D eigenvalue weighted by Gasteiger charge is -2.47. The van der Waals surface area contributed by atoms with E-state index in [2.05, 4.69) is 25.6 Å². The molecule has 4 N–H and O–H groups in total. The van der Waals surface area contributed by atoms with E-state index in [0.29, 0.717) is 18.4 Å². The zero-order valence-electron chi connectivity index (χ0n) is 19.4. The highest BCUT2D eigenvalue weighted by Gasteiger charge is 2.41. The first-order valence-electron chi connectivity index (χ1n) is 11.9. The van der Waals surface area contributed by atoms with E-state index in [1.54, 1.807) is 10.9 Å². The summed E-state index contributed by atoms with van der Waals surface area (Å²) in [7, 11) is 0. The van der Waals surface area contributed by atoms with Crippen molar-refractivity contribution in [3.05, 3.63) is 40.3 Å². The van der Waals surface area contributed by atoms with Crippen LogP contribution in [0.5, 0.6) is 0 Å². The van der Waals surface area contributed by atoms with Crippen molar-refractivity contribution in [2.75, 3.05) is 31.6 Å². The Morgan fingerprint density at radius 3 is 2.79 bits per heavy atom. The lowest BCUT2D eigenvalue weighted by atomic mass is 9.81. The molecule has 0 spiro atoms. The first-order valence-corrected chi connectivity index (χ1v) is 12.8. The molecule has 9 nitrogen and oxygen atoms in total. The molecule has 1 aliphatic heterocycles. The summed E-state index contributed by atoms with van der Waals surface area (Å²) in [4.78, 5) is 19.3. The largest absolute Gasteiger partial charge is 0.394 e. The van der Waals surface area contributed by atoms with Crippen molar-refractivity contribution in [1.82, 2.24) is 25.0 Å². The summed E-state index contributed by atoms with van der Waals surface area (Å²) in [6.45, 7) is 4.29. The molecule has 10 heteroatoms. The number of anilines is 1. The van der Waals surface area contributed by atoms with Crippen LogP contribution in [0.15, 0.2) is 29.8 Å². The number of aliphatic hydroxyl groups excluding tert-OH is 1. The van der Waals surface area contributed by atoms with Gasteiger partial charge in [0.1, 0.15) is 10.6 Å². The minimum absolute atomic E-state index is 0.00790. The second kappa shape index (κ2) is 9.61. The molecule has 0 atom stereocenters. The standard InChI is InChI=1S/C24H32N6O3S/c1-16-2-3-20-19(12-16)22(28-30(20)9-10-31)26-13-21(32)27-17-14-29(15-17)18-4-6-24(33,7-5-18)23-25-8-11-34-23/h2-3,8,11-12,17-18,31,33H,4-7,9-10,13-15H2,1H3,(H,26,28)(H,27,32). The van der Waals surface area contributed by atoms with Gasteiger partial charge in [-0.3, -0.25) is 14.4 Å². The highest BCUT2D eigenvalue weighted by Crippen LogP contribution is 2.40. The van der Waals surface area contributed by atoms with Gasteiger partial charge in [0.05, 0.1) is 31.3 Å².